The Morgan fingerprint density at radius 2 is 2.00 bits per heavy atom. The van der Waals surface area contributed by atoms with Crippen LogP contribution in [-0.2, 0) is 4.74 Å². The van der Waals surface area contributed by atoms with Crippen molar-refractivity contribution in [2.24, 2.45) is 5.16 Å². The molecule has 1 aromatic rings. The van der Waals surface area contributed by atoms with Crippen molar-refractivity contribution in [3.8, 4) is 11.5 Å². The molecular formula is C13H17NO5. The van der Waals surface area contributed by atoms with Gasteiger partial charge in [0.2, 0.25) is 0 Å². The summed E-state index contributed by atoms with van der Waals surface area (Å²) in [6, 6.07) is 4.71. The molecule has 0 fully saturated rings. The topological polar surface area (TPSA) is 77.4 Å². The van der Waals surface area contributed by atoms with Crippen molar-refractivity contribution in [2.75, 3.05) is 7.11 Å². The third kappa shape index (κ3) is 4.87. The average molecular weight is 267 g/mol. The first-order valence-corrected chi connectivity index (χ1v) is 5.62. The number of methoxy groups -OCH3 is 1. The van der Waals surface area contributed by atoms with E-state index in [9.17, 15) is 4.79 Å². The van der Waals surface area contributed by atoms with E-state index in [1.807, 2.05) is 0 Å². The molecule has 0 aromatic heterocycles. The van der Waals surface area contributed by atoms with Gasteiger partial charge in [0, 0.05) is 5.56 Å². The maximum Gasteiger partial charge on any atom is 0.514 e. The monoisotopic (exact) mass is 267 g/mol. The molecule has 0 amide bonds. The minimum atomic E-state index is -0.811. The smallest absolute Gasteiger partial charge is 0.493 e. The molecule has 0 aliphatic rings. The van der Waals surface area contributed by atoms with Gasteiger partial charge in [-0.25, -0.2) is 4.79 Å². The Kier molecular flexibility index (Phi) is 4.74. The van der Waals surface area contributed by atoms with E-state index < -0.39 is 11.8 Å². The second-order valence-corrected chi connectivity index (χ2v) is 4.72. The number of carbonyl (C=O) groups excluding carboxylic acids is 1. The largest absolute Gasteiger partial charge is 0.514 e. The van der Waals surface area contributed by atoms with Crippen LogP contribution in [0.1, 0.15) is 26.3 Å². The fraction of sp³-hybridized carbons (Fsp3) is 0.385. The van der Waals surface area contributed by atoms with Crippen LogP contribution in [0.3, 0.4) is 0 Å². The summed E-state index contributed by atoms with van der Waals surface area (Å²) in [5.41, 5.74) is -0.0238. The number of rotatable bonds is 3. The number of benzene rings is 1. The Morgan fingerprint density at radius 1 is 1.32 bits per heavy atom. The summed E-state index contributed by atoms with van der Waals surface area (Å²) < 4.78 is 15.2. The van der Waals surface area contributed by atoms with E-state index >= 15 is 0 Å². The number of carbonyl (C=O) groups is 1. The molecule has 104 valence electrons. The minimum absolute atomic E-state index is 0.229. The molecule has 0 aliphatic carbocycles. The fourth-order valence-corrected chi connectivity index (χ4v) is 1.28. The molecule has 0 heterocycles. The van der Waals surface area contributed by atoms with Gasteiger partial charge in [-0.05, 0) is 39.0 Å². The van der Waals surface area contributed by atoms with Crippen molar-refractivity contribution < 1.29 is 24.2 Å². The van der Waals surface area contributed by atoms with Gasteiger partial charge in [0.25, 0.3) is 0 Å². The lowest BCUT2D eigenvalue weighted by atomic mass is 10.2. The lowest BCUT2D eigenvalue weighted by molar-refractivity contribution is 0.0201. The predicted molar refractivity (Wildman–Crippen MR) is 69.2 cm³/mol. The van der Waals surface area contributed by atoms with Gasteiger partial charge in [-0.15, -0.1) is 0 Å². The maximum atomic E-state index is 11.5. The van der Waals surface area contributed by atoms with Crippen LogP contribution < -0.4 is 9.47 Å². The summed E-state index contributed by atoms with van der Waals surface area (Å²) in [6.07, 6.45) is 0.425. The number of hydrogen-bond donors (Lipinski definition) is 1. The number of nitrogens with zero attached hydrogens (tertiary/aromatic N) is 1. The quantitative estimate of drug-likeness (QED) is 0.299. The van der Waals surface area contributed by atoms with Crippen molar-refractivity contribution >= 4 is 12.4 Å². The van der Waals surface area contributed by atoms with Crippen LogP contribution in [0.25, 0.3) is 0 Å². The van der Waals surface area contributed by atoms with Gasteiger partial charge >= 0.3 is 6.16 Å². The lowest BCUT2D eigenvalue weighted by Crippen LogP contribution is -2.26. The molecule has 0 aliphatic heterocycles. The van der Waals surface area contributed by atoms with Crippen molar-refractivity contribution in [1.29, 1.82) is 0 Å². The average Bonchev–Trinajstić information content (AvgIpc) is 2.29. The van der Waals surface area contributed by atoms with E-state index in [2.05, 4.69) is 5.16 Å². The molecule has 0 radical (unpaired) electrons. The Hall–Kier alpha value is -2.24. The molecule has 1 N–H and O–H groups in total. The zero-order chi connectivity index (χ0) is 14.5. The van der Waals surface area contributed by atoms with E-state index in [0.29, 0.717) is 11.3 Å². The zero-order valence-electron chi connectivity index (χ0n) is 11.3. The summed E-state index contributed by atoms with van der Waals surface area (Å²) in [4.78, 5) is 11.5. The van der Waals surface area contributed by atoms with Crippen LogP contribution in [0.4, 0.5) is 4.79 Å². The summed E-state index contributed by atoms with van der Waals surface area (Å²) >= 11 is 0. The first kappa shape index (κ1) is 14.8. The van der Waals surface area contributed by atoms with Crippen molar-refractivity contribution in [2.45, 2.75) is 26.4 Å². The standard InChI is InChI=1S/C13H17NO5/c1-13(2,3)19-12(15)18-10-6-5-9(8-14-16)7-11(10)17-4/h5-8,16H,1-4H3. The minimum Gasteiger partial charge on any atom is -0.493 e. The normalized spacial score (nSPS) is 11.4. The molecule has 0 saturated heterocycles. The summed E-state index contributed by atoms with van der Waals surface area (Å²) in [5.74, 6) is 0.565. The second-order valence-electron chi connectivity index (χ2n) is 4.72. The highest BCUT2D eigenvalue weighted by Crippen LogP contribution is 2.28. The maximum absolute atomic E-state index is 11.5. The first-order chi connectivity index (χ1) is 8.85. The van der Waals surface area contributed by atoms with Gasteiger partial charge in [0.05, 0.1) is 13.3 Å². The predicted octanol–water partition coefficient (Wildman–Crippen LogP) is 2.82. The molecule has 1 aromatic carbocycles. The fourth-order valence-electron chi connectivity index (χ4n) is 1.28. The van der Waals surface area contributed by atoms with Crippen molar-refractivity contribution in [3.63, 3.8) is 0 Å². The Balaban J connectivity index is 2.86. The van der Waals surface area contributed by atoms with Gasteiger partial charge in [0.15, 0.2) is 11.5 Å². The molecule has 6 nitrogen and oxygen atoms in total. The molecule has 0 atom stereocenters. The summed E-state index contributed by atoms with van der Waals surface area (Å²) in [5, 5.41) is 11.4. The van der Waals surface area contributed by atoms with E-state index in [4.69, 9.17) is 19.4 Å². The lowest BCUT2D eigenvalue weighted by Gasteiger charge is -2.19. The molecule has 19 heavy (non-hydrogen) atoms. The van der Waals surface area contributed by atoms with Crippen molar-refractivity contribution in [3.05, 3.63) is 23.8 Å². The van der Waals surface area contributed by atoms with Crippen LogP contribution in [0.5, 0.6) is 11.5 Å². The second kappa shape index (κ2) is 6.08. The van der Waals surface area contributed by atoms with Gasteiger partial charge in [-0.2, -0.15) is 0 Å². The molecular weight excluding hydrogens is 250 g/mol. The van der Waals surface area contributed by atoms with Crippen LogP contribution in [0.15, 0.2) is 23.4 Å². The van der Waals surface area contributed by atoms with Gasteiger partial charge in [-0.1, -0.05) is 5.16 Å². The molecule has 0 bridgehead atoms. The van der Waals surface area contributed by atoms with Crippen LogP contribution in [-0.4, -0.2) is 30.3 Å². The van der Waals surface area contributed by atoms with E-state index in [1.54, 1.807) is 32.9 Å². The molecule has 0 spiro atoms. The molecule has 6 heteroatoms. The number of oxime groups is 1. The molecule has 1 rings (SSSR count). The molecule has 0 saturated carbocycles. The zero-order valence-corrected chi connectivity index (χ0v) is 11.3. The van der Waals surface area contributed by atoms with Crippen molar-refractivity contribution in [1.82, 2.24) is 0 Å². The Bertz CT molecular complexity index is 476. The highest BCUT2D eigenvalue weighted by atomic mass is 16.7. The summed E-state index contributed by atoms with van der Waals surface area (Å²) in [6.45, 7) is 5.23. The van der Waals surface area contributed by atoms with Gasteiger partial charge in [0.1, 0.15) is 5.60 Å². The van der Waals surface area contributed by atoms with E-state index in [1.165, 1.54) is 19.4 Å². The van der Waals surface area contributed by atoms with E-state index in [-0.39, 0.29) is 5.75 Å². The Labute approximate surface area is 111 Å². The SMILES string of the molecule is COc1cc(C=NO)ccc1OC(=O)OC(C)(C)C. The number of hydrogen-bond acceptors (Lipinski definition) is 6. The highest BCUT2D eigenvalue weighted by molar-refractivity contribution is 5.80. The van der Waals surface area contributed by atoms with E-state index in [0.717, 1.165) is 0 Å². The summed E-state index contributed by atoms with van der Waals surface area (Å²) in [7, 11) is 1.44. The van der Waals surface area contributed by atoms with Gasteiger partial charge in [-0.3, -0.25) is 0 Å². The Morgan fingerprint density at radius 3 is 2.53 bits per heavy atom. The molecule has 0 unspecified atom stereocenters. The van der Waals surface area contributed by atoms with Crippen LogP contribution in [0, 0.1) is 0 Å². The highest BCUT2D eigenvalue weighted by Gasteiger charge is 2.19. The number of ether oxygens (including phenoxy) is 3. The first-order valence-electron chi connectivity index (χ1n) is 5.62. The van der Waals surface area contributed by atoms with Crippen LogP contribution in [0.2, 0.25) is 0 Å². The van der Waals surface area contributed by atoms with Gasteiger partial charge < -0.3 is 19.4 Å². The van der Waals surface area contributed by atoms with Crippen LogP contribution >= 0.6 is 0 Å². The third-order valence-electron chi connectivity index (χ3n) is 1.98. The third-order valence-corrected chi connectivity index (χ3v) is 1.98.